The Bertz CT molecular complexity index is 261. The van der Waals surface area contributed by atoms with Crippen molar-refractivity contribution in [3.8, 4) is 5.88 Å². The van der Waals surface area contributed by atoms with Crippen molar-refractivity contribution in [2.75, 3.05) is 6.61 Å². The minimum atomic E-state index is 0.161. The standard InChI is InChI=1S/C10H16NO2/c1-4-12-11-8-6-5-7-10(11)13-9(2)3/h5-9H,4H2,1-3H3/q+1. The fourth-order valence-electron chi connectivity index (χ4n) is 0.991. The van der Waals surface area contributed by atoms with E-state index in [9.17, 15) is 0 Å². The van der Waals surface area contributed by atoms with E-state index in [1.165, 1.54) is 0 Å². The monoisotopic (exact) mass is 182 g/mol. The van der Waals surface area contributed by atoms with Crippen LogP contribution in [0.2, 0.25) is 0 Å². The molecule has 1 heterocycles. The van der Waals surface area contributed by atoms with Crippen LogP contribution in [-0.4, -0.2) is 12.7 Å². The minimum Gasteiger partial charge on any atom is -0.439 e. The van der Waals surface area contributed by atoms with Crippen molar-refractivity contribution < 1.29 is 14.3 Å². The molecule has 0 aliphatic carbocycles. The highest BCUT2D eigenvalue weighted by atomic mass is 16.7. The number of pyridine rings is 1. The van der Waals surface area contributed by atoms with Gasteiger partial charge in [0.05, 0.1) is 12.2 Å². The molecule has 0 fully saturated rings. The Kier molecular flexibility index (Phi) is 3.55. The first-order valence-corrected chi connectivity index (χ1v) is 4.54. The van der Waals surface area contributed by atoms with Gasteiger partial charge in [-0.25, -0.2) is 0 Å². The highest BCUT2D eigenvalue weighted by molar-refractivity contribution is 5.02. The van der Waals surface area contributed by atoms with Crippen LogP contribution >= 0.6 is 0 Å². The maximum absolute atomic E-state index is 5.54. The molecule has 3 heteroatoms. The summed E-state index contributed by atoms with van der Waals surface area (Å²) in [5.74, 6) is 0.736. The third-order valence-electron chi connectivity index (χ3n) is 1.41. The van der Waals surface area contributed by atoms with Crippen LogP contribution in [0.25, 0.3) is 0 Å². The molecule has 0 saturated heterocycles. The van der Waals surface area contributed by atoms with Crippen molar-refractivity contribution in [2.24, 2.45) is 0 Å². The van der Waals surface area contributed by atoms with E-state index < -0.39 is 0 Å². The zero-order valence-electron chi connectivity index (χ0n) is 8.36. The van der Waals surface area contributed by atoms with E-state index in [-0.39, 0.29) is 6.10 Å². The van der Waals surface area contributed by atoms with Crippen molar-refractivity contribution in [2.45, 2.75) is 26.9 Å². The maximum Gasteiger partial charge on any atom is 0.417 e. The molecular formula is C10H16NO2+. The van der Waals surface area contributed by atoms with Gasteiger partial charge in [-0.2, -0.15) is 0 Å². The number of rotatable bonds is 4. The zero-order chi connectivity index (χ0) is 9.68. The first-order valence-electron chi connectivity index (χ1n) is 4.54. The zero-order valence-corrected chi connectivity index (χ0v) is 8.36. The molecule has 0 bridgehead atoms. The first kappa shape index (κ1) is 9.84. The SMILES string of the molecule is CCO[n+]1ccccc1OC(C)C. The van der Waals surface area contributed by atoms with Gasteiger partial charge in [0.15, 0.2) is 6.61 Å². The molecular weight excluding hydrogens is 166 g/mol. The number of hydrogen-bond donors (Lipinski definition) is 0. The van der Waals surface area contributed by atoms with E-state index in [0.29, 0.717) is 6.61 Å². The van der Waals surface area contributed by atoms with Crippen molar-refractivity contribution in [3.63, 3.8) is 0 Å². The van der Waals surface area contributed by atoms with E-state index in [2.05, 4.69) is 0 Å². The van der Waals surface area contributed by atoms with Gasteiger partial charge in [-0.1, -0.05) is 0 Å². The van der Waals surface area contributed by atoms with Crippen molar-refractivity contribution in [1.29, 1.82) is 0 Å². The van der Waals surface area contributed by atoms with Crippen LogP contribution in [0.5, 0.6) is 5.88 Å². The molecule has 3 nitrogen and oxygen atoms in total. The van der Waals surface area contributed by atoms with Crippen LogP contribution in [0, 0.1) is 0 Å². The summed E-state index contributed by atoms with van der Waals surface area (Å²) in [5.41, 5.74) is 0. The van der Waals surface area contributed by atoms with Crippen molar-refractivity contribution in [3.05, 3.63) is 24.4 Å². The molecule has 1 rings (SSSR count). The normalized spacial score (nSPS) is 10.2. The fourth-order valence-corrected chi connectivity index (χ4v) is 0.991. The number of aromatic nitrogens is 1. The lowest BCUT2D eigenvalue weighted by atomic mass is 10.4. The molecule has 1 aromatic heterocycles. The summed E-state index contributed by atoms with van der Waals surface area (Å²) >= 11 is 0. The summed E-state index contributed by atoms with van der Waals surface area (Å²) in [5, 5.41) is 0. The molecule has 13 heavy (non-hydrogen) atoms. The number of ether oxygens (including phenoxy) is 1. The lowest BCUT2D eigenvalue weighted by Crippen LogP contribution is -2.44. The molecule has 0 spiro atoms. The first-order chi connectivity index (χ1) is 6.24. The van der Waals surface area contributed by atoms with Gasteiger partial charge in [0.2, 0.25) is 6.20 Å². The smallest absolute Gasteiger partial charge is 0.417 e. The molecule has 0 N–H and O–H groups in total. The molecule has 0 radical (unpaired) electrons. The summed E-state index contributed by atoms with van der Waals surface area (Å²) in [6, 6.07) is 5.71. The third-order valence-corrected chi connectivity index (χ3v) is 1.41. The van der Waals surface area contributed by atoms with Gasteiger partial charge in [0.1, 0.15) is 0 Å². The Hall–Kier alpha value is -1.25. The van der Waals surface area contributed by atoms with Gasteiger partial charge in [-0.15, -0.1) is 0 Å². The Labute approximate surface area is 78.9 Å². The number of nitrogens with zero attached hydrogens (tertiary/aromatic N) is 1. The third kappa shape index (κ3) is 2.93. The van der Waals surface area contributed by atoms with E-state index in [1.807, 2.05) is 45.2 Å². The molecule has 0 aliphatic rings. The number of hydrogen-bond acceptors (Lipinski definition) is 2. The van der Waals surface area contributed by atoms with Gasteiger partial charge in [-0.3, -0.25) is 4.84 Å². The average molecular weight is 182 g/mol. The molecule has 0 aliphatic heterocycles. The predicted octanol–water partition coefficient (Wildman–Crippen LogP) is 1.21. The van der Waals surface area contributed by atoms with Crippen LogP contribution in [0.4, 0.5) is 0 Å². The topological polar surface area (TPSA) is 22.3 Å². The predicted molar refractivity (Wildman–Crippen MR) is 49.5 cm³/mol. The van der Waals surface area contributed by atoms with Gasteiger partial charge >= 0.3 is 5.88 Å². The summed E-state index contributed by atoms with van der Waals surface area (Å²) in [4.78, 5) is 5.33. The fraction of sp³-hybridized carbons (Fsp3) is 0.500. The Balaban J connectivity index is 2.78. The van der Waals surface area contributed by atoms with Gasteiger partial charge in [-0.05, 0) is 26.8 Å². The second-order valence-electron chi connectivity index (χ2n) is 2.95. The van der Waals surface area contributed by atoms with Crippen LogP contribution in [-0.2, 0) is 0 Å². The van der Waals surface area contributed by atoms with Crippen LogP contribution in [0.1, 0.15) is 20.8 Å². The summed E-state index contributed by atoms with van der Waals surface area (Å²) < 4.78 is 7.17. The summed E-state index contributed by atoms with van der Waals surface area (Å²) in [7, 11) is 0. The molecule has 72 valence electrons. The van der Waals surface area contributed by atoms with E-state index >= 15 is 0 Å². The Morgan fingerprint density at radius 2 is 2.15 bits per heavy atom. The maximum atomic E-state index is 5.54. The lowest BCUT2D eigenvalue weighted by molar-refractivity contribution is -0.892. The van der Waals surface area contributed by atoms with Gasteiger partial charge in [0, 0.05) is 10.8 Å². The quantitative estimate of drug-likeness (QED) is 0.653. The Morgan fingerprint density at radius 1 is 1.38 bits per heavy atom. The van der Waals surface area contributed by atoms with E-state index in [4.69, 9.17) is 9.57 Å². The van der Waals surface area contributed by atoms with E-state index in [1.54, 1.807) is 4.73 Å². The van der Waals surface area contributed by atoms with Crippen LogP contribution < -0.4 is 14.3 Å². The van der Waals surface area contributed by atoms with Gasteiger partial charge in [0.25, 0.3) is 0 Å². The largest absolute Gasteiger partial charge is 0.439 e. The average Bonchev–Trinajstić information content (AvgIpc) is 2.08. The van der Waals surface area contributed by atoms with E-state index in [0.717, 1.165) is 5.88 Å². The molecule has 1 aromatic rings. The summed E-state index contributed by atoms with van der Waals surface area (Å²) in [6.07, 6.45) is 2.00. The highest BCUT2D eigenvalue weighted by Gasteiger charge is 2.13. The summed E-state index contributed by atoms with van der Waals surface area (Å²) in [6.45, 7) is 6.55. The van der Waals surface area contributed by atoms with Gasteiger partial charge < -0.3 is 4.74 Å². The molecule has 0 aromatic carbocycles. The highest BCUT2D eigenvalue weighted by Crippen LogP contribution is 2.03. The second-order valence-corrected chi connectivity index (χ2v) is 2.95. The Morgan fingerprint density at radius 3 is 2.77 bits per heavy atom. The molecule has 0 atom stereocenters. The molecule has 0 amide bonds. The van der Waals surface area contributed by atoms with Crippen LogP contribution in [0.3, 0.4) is 0 Å². The van der Waals surface area contributed by atoms with Crippen molar-refractivity contribution >= 4 is 0 Å². The lowest BCUT2D eigenvalue weighted by Gasteiger charge is -2.06. The second kappa shape index (κ2) is 4.70. The minimum absolute atomic E-state index is 0.161. The van der Waals surface area contributed by atoms with Crippen molar-refractivity contribution in [1.82, 2.24) is 0 Å². The molecule has 0 unspecified atom stereocenters. The molecule has 0 saturated carbocycles. The van der Waals surface area contributed by atoms with Crippen LogP contribution in [0.15, 0.2) is 24.4 Å².